The summed E-state index contributed by atoms with van der Waals surface area (Å²) in [6, 6.07) is 8.29. The first-order valence-electron chi connectivity index (χ1n) is 9.59. The number of carbonyl (C=O) groups excluding carboxylic acids is 1. The van der Waals surface area contributed by atoms with Gasteiger partial charge in [-0.05, 0) is 48.4 Å². The van der Waals surface area contributed by atoms with Gasteiger partial charge in [-0.1, -0.05) is 34.4 Å². The molecule has 12 heteroatoms. The molecule has 0 radical (unpaired) electrons. The Kier molecular flexibility index (Phi) is 6.06. The van der Waals surface area contributed by atoms with E-state index in [-0.39, 0.29) is 33.9 Å². The molecular weight excluding hydrogens is 482 g/mol. The monoisotopic (exact) mass is 497 g/mol. The average molecular weight is 498 g/mol. The van der Waals surface area contributed by atoms with Gasteiger partial charge in [-0.15, -0.1) is 0 Å². The zero-order valence-electron chi connectivity index (χ0n) is 17.0. The molecule has 2 heterocycles. The molecule has 0 spiro atoms. The Morgan fingerprint density at radius 1 is 1.21 bits per heavy atom. The number of benzene rings is 2. The van der Waals surface area contributed by atoms with E-state index in [0.29, 0.717) is 16.7 Å². The van der Waals surface area contributed by atoms with E-state index in [1.165, 1.54) is 35.5 Å². The lowest BCUT2D eigenvalue weighted by atomic mass is 9.86. The maximum Gasteiger partial charge on any atom is 0.435 e. The number of alkyl halides is 3. The number of rotatable bonds is 5. The van der Waals surface area contributed by atoms with E-state index in [1.54, 1.807) is 13.0 Å². The van der Waals surface area contributed by atoms with Crippen LogP contribution in [0.4, 0.5) is 13.2 Å². The van der Waals surface area contributed by atoms with E-state index >= 15 is 0 Å². The minimum atomic E-state index is -4.79. The number of aromatic nitrogens is 3. The summed E-state index contributed by atoms with van der Waals surface area (Å²) < 4.78 is 43.9. The van der Waals surface area contributed by atoms with Gasteiger partial charge in [-0.2, -0.15) is 18.3 Å². The topological polar surface area (TPSA) is 81.4 Å². The lowest BCUT2D eigenvalue weighted by Crippen LogP contribution is -2.42. The number of nitrogens with one attached hydrogen (secondary N) is 1. The molecule has 1 atom stereocenters. The van der Waals surface area contributed by atoms with E-state index in [9.17, 15) is 18.0 Å². The summed E-state index contributed by atoms with van der Waals surface area (Å²) in [6.07, 6.45) is -2.57. The Bertz CT molecular complexity index is 1210. The van der Waals surface area contributed by atoms with Crippen LogP contribution in [0, 0.1) is 6.92 Å². The highest BCUT2D eigenvalue weighted by Crippen LogP contribution is 2.49. The van der Waals surface area contributed by atoms with Gasteiger partial charge in [0.15, 0.2) is 0 Å². The summed E-state index contributed by atoms with van der Waals surface area (Å²) in [5.74, 6) is -0.364. The molecule has 1 unspecified atom stereocenters. The minimum absolute atomic E-state index is 0.0512. The first kappa shape index (κ1) is 23.1. The van der Waals surface area contributed by atoms with Crippen molar-refractivity contribution >= 4 is 34.8 Å². The smallest absolute Gasteiger partial charge is 0.374 e. The molecule has 1 aliphatic heterocycles. The van der Waals surface area contributed by atoms with E-state index in [1.807, 2.05) is 0 Å². The second kappa shape index (κ2) is 8.68. The fourth-order valence-electron chi connectivity index (χ4n) is 3.51. The van der Waals surface area contributed by atoms with Gasteiger partial charge in [-0.3, -0.25) is 4.79 Å². The van der Waals surface area contributed by atoms with Crippen LogP contribution in [0.2, 0.25) is 10.0 Å². The highest BCUT2D eigenvalue weighted by Gasteiger charge is 2.62. The van der Waals surface area contributed by atoms with Crippen LogP contribution in [0.25, 0.3) is 0 Å². The SMILES string of the molecule is Cc1cc(C2=NOC(c3cc(Cl)cc(Cl)c3)(C(F)(F)F)C2)ccc1C(=O)NCn1cncn1. The van der Waals surface area contributed by atoms with Gasteiger partial charge in [0, 0.05) is 27.6 Å². The predicted molar refractivity (Wildman–Crippen MR) is 115 cm³/mol. The quantitative estimate of drug-likeness (QED) is 0.545. The highest BCUT2D eigenvalue weighted by molar-refractivity contribution is 6.34. The third-order valence-corrected chi connectivity index (χ3v) is 5.62. The number of nitrogens with zero attached hydrogens (tertiary/aromatic N) is 4. The van der Waals surface area contributed by atoms with Gasteiger partial charge in [0.05, 0.1) is 5.71 Å². The molecule has 4 rings (SSSR count). The second-order valence-corrected chi connectivity index (χ2v) is 8.29. The van der Waals surface area contributed by atoms with Gasteiger partial charge in [0.25, 0.3) is 11.5 Å². The molecule has 0 bridgehead atoms. The van der Waals surface area contributed by atoms with Crippen molar-refractivity contribution in [2.45, 2.75) is 31.8 Å². The number of oxime groups is 1. The molecule has 0 saturated heterocycles. The van der Waals surface area contributed by atoms with Crippen LogP contribution in [-0.2, 0) is 17.1 Å². The van der Waals surface area contributed by atoms with Crippen molar-refractivity contribution in [3.05, 3.63) is 81.4 Å². The Morgan fingerprint density at radius 3 is 2.55 bits per heavy atom. The third kappa shape index (κ3) is 4.53. The standard InChI is InChI=1S/C21H16Cl2F3N5O2/c1-12-4-13(2-3-17(12)19(32)28-11-31-10-27-9-29-31)18-8-20(33-30-18,21(24,25)26)14-5-15(22)7-16(23)6-14/h2-7,9-10H,8,11H2,1H3,(H,28,32). The Labute approximate surface area is 196 Å². The number of amides is 1. The second-order valence-electron chi connectivity index (χ2n) is 7.42. The van der Waals surface area contributed by atoms with Crippen molar-refractivity contribution in [3.63, 3.8) is 0 Å². The van der Waals surface area contributed by atoms with E-state index in [4.69, 9.17) is 28.0 Å². The summed E-state index contributed by atoms with van der Waals surface area (Å²) in [6.45, 7) is 1.80. The molecule has 1 aromatic heterocycles. The fraction of sp³-hybridized carbons (Fsp3) is 0.238. The largest absolute Gasteiger partial charge is 0.435 e. The molecule has 3 aromatic rings. The van der Waals surface area contributed by atoms with Crippen LogP contribution in [-0.4, -0.2) is 32.6 Å². The Hall–Kier alpha value is -3.11. The lowest BCUT2D eigenvalue weighted by Gasteiger charge is -2.29. The van der Waals surface area contributed by atoms with Crippen LogP contribution < -0.4 is 5.32 Å². The van der Waals surface area contributed by atoms with Gasteiger partial charge in [-0.25, -0.2) is 9.67 Å². The van der Waals surface area contributed by atoms with Gasteiger partial charge in [0.1, 0.15) is 19.3 Å². The van der Waals surface area contributed by atoms with E-state index in [0.717, 1.165) is 12.1 Å². The van der Waals surface area contributed by atoms with Crippen LogP contribution in [0.1, 0.15) is 33.5 Å². The molecule has 0 saturated carbocycles. The number of carbonyl (C=O) groups is 1. The Morgan fingerprint density at radius 2 is 1.94 bits per heavy atom. The molecule has 1 N–H and O–H groups in total. The van der Waals surface area contributed by atoms with Crippen molar-refractivity contribution in [2.24, 2.45) is 5.16 Å². The van der Waals surface area contributed by atoms with Crippen LogP contribution in [0.15, 0.2) is 54.2 Å². The molecule has 172 valence electrons. The first-order chi connectivity index (χ1) is 15.6. The minimum Gasteiger partial charge on any atom is -0.374 e. The zero-order valence-corrected chi connectivity index (χ0v) is 18.5. The lowest BCUT2D eigenvalue weighted by molar-refractivity contribution is -0.275. The van der Waals surface area contributed by atoms with E-state index in [2.05, 4.69) is 20.6 Å². The van der Waals surface area contributed by atoms with Crippen LogP contribution in [0.5, 0.6) is 0 Å². The summed E-state index contributed by atoms with van der Waals surface area (Å²) in [7, 11) is 0. The highest BCUT2D eigenvalue weighted by atomic mass is 35.5. The number of hydrogen-bond acceptors (Lipinski definition) is 5. The molecular formula is C21H16Cl2F3N5O2. The van der Waals surface area contributed by atoms with E-state index < -0.39 is 18.2 Å². The maximum absolute atomic E-state index is 14.2. The molecule has 33 heavy (non-hydrogen) atoms. The molecule has 0 aliphatic carbocycles. The Balaban J connectivity index is 1.57. The van der Waals surface area contributed by atoms with Crippen molar-refractivity contribution in [1.29, 1.82) is 0 Å². The average Bonchev–Trinajstić information content (AvgIpc) is 3.41. The van der Waals surface area contributed by atoms with Gasteiger partial charge in [0.2, 0.25) is 0 Å². The normalized spacial score (nSPS) is 18.1. The number of halogens is 5. The molecule has 7 nitrogen and oxygen atoms in total. The number of aryl methyl sites for hydroxylation is 1. The summed E-state index contributed by atoms with van der Waals surface area (Å²) in [4.78, 5) is 21.3. The summed E-state index contributed by atoms with van der Waals surface area (Å²) in [5, 5.41) is 10.4. The predicted octanol–water partition coefficient (Wildman–Crippen LogP) is 4.86. The van der Waals surface area contributed by atoms with Crippen LogP contribution in [0.3, 0.4) is 0 Å². The summed E-state index contributed by atoms with van der Waals surface area (Å²) in [5.41, 5.74) is -1.56. The van der Waals surface area contributed by atoms with Crippen molar-refractivity contribution in [1.82, 2.24) is 20.1 Å². The zero-order chi connectivity index (χ0) is 23.8. The summed E-state index contributed by atoms with van der Waals surface area (Å²) >= 11 is 11.9. The van der Waals surface area contributed by atoms with Crippen LogP contribution >= 0.6 is 23.2 Å². The number of hydrogen-bond donors (Lipinski definition) is 1. The van der Waals surface area contributed by atoms with Gasteiger partial charge >= 0.3 is 6.18 Å². The maximum atomic E-state index is 14.2. The molecule has 2 aromatic carbocycles. The molecule has 1 amide bonds. The molecule has 1 aliphatic rings. The first-order valence-corrected chi connectivity index (χ1v) is 10.3. The molecule has 0 fully saturated rings. The van der Waals surface area contributed by atoms with Gasteiger partial charge < -0.3 is 10.2 Å². The third-order valence-electron chi connectivity index (χ3n) is 5.19. The fourth-order valence-corrected chi connectivity index (χ4v) is 4.03. The van der Waals surface area contributed by atoms with Crippen molar-refractivity contribution in [2.75, 3.05) is 0 Å². The van der Waals surface area contributed by atoms with Crippen molar-refractivity contribution < 1.29 is 22.8 Å². The van der Waals surface area contributed by atoms with Crippen molar-refractivity contribution in [3.8, 4) is 0 Å².